The van der Waals surface area contributed by atoms with E-state index in [0.717, 1.165) is 26.1 Å². The van der Waals surface area contributed by atoms with Crippen LogP contribution in [0.25, 0.3) is 0 Å². The predicted molar refractivity (Wildman–Crippen MR) is 69.8 cm³/mol. The van der Waals surface area contributed by atoms with Crippen molar-refractivity contribution in [3.8, 4) is 0 Å². The minimum atomic E-state index is 0.611. The molecular weight excluding hydrogens is 208 g/mol. The first-order chi connectivity index (χ1) is 7.22. The van der Waals surface area contributed by atoms with Crippen LogP contribution in [0.2, 0.25) is 0 Å². The topological polar surface area (TPSA) is 24.5 Å². The second kappa shape index (κ2) is 10.7. The summed E-state index contributed by atoms with van der Waals surface area (Å²) >= 11 is 1.90. The molecule has 0 aromatic heterocycles. The highest BCUT2D eigenvalue weighted by Crippen LogP contribution is 1.98. The van der Waals surface area contributed by atoms with Crippen LogP contribution in [0, 0.1) is 0 Å². The number of hydrogen-bond donors (Lipinski definition) is 1. The van der Waals surface area contributed by atoms with Gasteiger partial charge in [0.25, 0.3) is 0 Å². The molecule has 0 heterocycles. The fourth-order valence-corrected chi connectivity index (χ4v) is 1.73. The monoisotopic (exact) mass is 234 g/mol. The van der Waals surface area contributed by atoms with Gasteiger partial charge in [-0.25, -0.2) is 0 Å². The van der Waals surface area contributed by atoms with Gasteiger partial charge in [0.2, 0.25) is 0 Å². The van der Waals surface area contributed by atoms with E-state index in [2.05, 4.69) is 30.4 Å². The van der Waals surface area contributed by atoms with Crippen molar-refractivity contribution in [2.45, 2.75) is 19.4 Å². The lowest BCUT2D eigenvalue weighted by Gasteiger charge is -2.24. The molecule has 0 amide bonds. The van der Waals surface area contributed by atoms with E-state index in [0.29, 0.717) is 6.04 Å². The van der Waals surface area contributed by atoms with Gasteiger partial charge in [0, 0.05) is 38.6 Å². The Morgan fingerprint density at radius 1 is 1.47 bits per heavy atom. The van der Waals surface area contributed by atoms with Gasteiger partial charge < -0.3 is 15.0 Å². The van der Waals surface area contributed by atoms with Gasteiger partial charge in [0.1, 0.15) is 0 Å². The van der Waals surface area contributed by atoms with Crippen molar-refractivity contribution in [3.05, 3.63) is 0 Å². The number of methoxy groups -OCH3 is 1. The fraction of sp³-hybridized carbons (Fsp3) is 1.00. The van der Waals surface area contributed by atoms with Crippen molar-refractivity contribution < 1.29 is 4.74 Å². The molecule has 3 nitrogen and oxygen atoms in total. The molecule has 1 unspecified atom stereocenters. The lowest BCUT2D eigenvalue weighted by atomic mass is 10.3. The van der Waals surface area contributed by atoms with E-state index in [4.69, 9.17) is 4.74 Å². The smallest absolute Gasteiger partial charge is 0.0474 e. The van der Waals surface area contributed by atoms with E-state index in [9.17, 15) is 0 Å². The Morgan fingerprint density at radius 2 is 2.20 bits per heavy atom. The van der Waals surface area contributed by atoms with Crippen molar-refractivity contribution in [2.24, 2.45) is 0 Å². The summed E-state index contributed by atoms with van der Waals surface area (Å²) < 4.78 is 5.00. The largest absolute Gasteiger partial charge is 0.385 e. The van der Waals surface area contributed by atoms with E-state index in [1.54, 1.807) is 7.11 Å². The molecule has 1 N–H and O–H groups in total. The second-order valence-electron chi connectivity index (χ2n) is 3.87. The van der Waals surface area contributed by atoms with Crippen LogP contribution in [-0.4, -0.2) is 63.3 Å². The second-order valence-corrected chi connectivity index (χ2v) is 4.86. The number of nitrogens with zero attached hydrogens (tertiary/aromatic N) is 1. The first-order valence-electron chi connectivity index (χ1n) is 5.61. The third-order valence-electron chi connectivity index (χ3n) is 2.54. The fourth-order valence-electron chi connectivity index (χ4n) is 1.26. The third kappa shape index (κ3) is 9.18. The van der Waals surface area contributed by atoms with E-state index >= 15 is 0 Å². The van der Waals surface area contributed by atoms with Crippen molar-refractivity contribution >= 4 is 11.8 Å². The van der Waals surface area contributed by atoms with Gasteiger partial charge >= 0.3 is 0 Å². The van der Waals surface area contributed by atoms with Gasteiger partial charge in [-0.3, -0.25) is 0 Å². The summed E-state index contributed by atoms with van der Waals surface area (Å²) in [5.74, 6) is 1.21. The number of likely N-dealkylation sites (N-methyl/N-ethyl adjacent to an activating group) is 1. The molecule has 15 heavy (non-hydrogen) atoms. The summed E-state index contributed by atoms with van der Waals surface area (Å²) in [7, 11) is 3.94. The molecule has 1 atom stereocenters. The molecule has 0 bridgehead atoms. The minimum Gasteiger partial charge on any atom is -0.385 e. The summed E-state index contributed by atoms with van der Waals surface area (Å²) in [6.45, 7) is 6.40. The van der Waals surface area contributed by atoms with Crippen LogP contribution in [0.1, 0.15) is 13.3 Å². The van der Waals surface area contributed by atoms with Gasteiger partial charge in [0.05, 0.1) is 0 Å². The van der Waals surface area contributed by atoms with Gasteiger partial charge in [-0.05, 0) is 33.2 Å². The van der Waals surface area contributed by atoms with Gasteiger partial charge in [0.15, 0.2) is 0 Å². The maximum Gasteiger partial charge on any atom is 0.0474 e. The predicted octanol–water partition coefficient (Wildman–Crippen LogP) is 1.30. The van der Waals surface area contributed by atoms with Crippen LogP contribution >= 0.6 is 11.8 Å². The highest BCUT2D eigenvalue weighted by molar-refractivity contribution is 7.98. The Kier molecular flexibility index (Phi) is 10.9. The normalized spacial score (nSPS) is 13.4. The summed E-state index contributed by atoms with van der Waals surface area (Å²) in [6.07, 6.45) is 3.25. The average Bonchev–Trinajstić information content (AvgIpc) is 2.25. The maximum atomic E-state index is 5.00. The van der Waals surface area contributed by atoms with Crippen molar-refractivity contribution in [1.82, 2.24) is 10.2 Å². The summed E-state index contributed by atoms with van der Waals surface area (Å²) in [4.78, 5) is 2.40. The minimum absolute atomic E-state index is 0.611. The quantitative estimate of drug-likeness (QED) is 0.576. The molecule has 0 spiro atoms. The zero-order valence-electron chi connectivity index (χ0n) is 10.6. The zero-order chi connectivity index (χ0) is 11.5. The van der Waals surface area contributed by atoms with Crippen LogP contribution in [0.5, 0.6) is 0 Å². The van der Waals surface area contributed by atoms with Crippen molar-refractivity contribution in [1.29, 1.82) is 0 Å². The molecule has 0 aliphatic carbocycles. The van der Waals surface area contributed by atoms with Crippen LogP contribution in [-0.2, 0) is 4.74 Å². The highest BCUT2D eigenvalue weighted by Gasteiger charge is 2.07. The molecule has 0 rings (SSSR count). The average molecular weight is 234 g/mol. The van der Waals surface area contributed by atoms with E-state index < -0.39 is 0 Å². The standard InChI is InChI=1S/C11H26N2OS/c1-11(13(2)7-9-15-4)10-12-6-5-8-14-3/h11-12H,5-10H2,1-4H3. The number of rotatable bonds is 10. The van der Waals surface area contributed by atoms with Gasteiger partial charge in [-0.2, -0.15) is 11.8 Å². The maximum absolute atomic E-state index is 5.00. The molecular formula is C11H26N2OS. The molecule has 0 fully saturated rings. The lowest BCUT2D eigenvalue weighted by molar-refractivity contribution is 0.192. The molecule has 0 saturated heterocycles. The molecule has 92 valence electrons. The van der Waals surface area contributed by atoms with Crippen molar-refractivity contribution in [2.75, 3.05) is 52.4 Å². The third-order valence-corrected chi connectivity index (χ3v) is 3.13. The Bertz CT molecular complexity index is 136. The molecule has 0 radical (unpaired) electrons. The van der Waals surface area contributed by atoms with Crippen molar-refractivity contribution in [3.63, 3.8) is 0 Å². The van der Waals surface area contributed by atoms with Crippen LogP contribution < -0.4 is 5.32 Å². The Labute approximate surface area is 98.9 Å². The molecule has 0 aliphatic heterocycles. The first-order valence-corrected chi connectivity index (χ1v) is 7.00. The van der Waals surface area contributed by atoms with Crippen LogP contribution in [0.15, 0.2) is 0 Å². The Balaban J connectivity index is 3.34. The number of ether oxygens (including phenoxy) is 1. The summed E-state index contributed by atoms with van der Waals surface area (Å²) in [5, 5.41) is 3.45. The zero-order valence-corrected chi connectivity index (χ0v) is 11.4. The molecule has 4 heteroatoms. The van der Waals surface area contributed by atoms with E-state index in [1.165, 1.54) is 12.3 Å². The SMILES string of the molecule is COCCCNCC(C)N(C)CCSC. The molecule has 0 aromatic rings. The number of thioether (sulfide) groups is 1. The summed E-state index contributed by atoms with van der Waals surface area (Å²) in [6, 6.07) is 0.611. The first kappa shape index (κ1) is 15.2. The lowest BCUT2D eigenvalue weighted by Crippen LogP contribution is -2.39. The molecule has 0 aromatic carbocycles. The number of nitrogens with one attached hydrogen (secondary N) is 1. The Hall–Kier alpha value is 0.230. The van der Waals surface area contributed by atoms with Crippen LogP contribution in [0.4, 0.5) is 0 Å². The molecule has 0 saturated carbocycles. The van der Waals surface area contributed by atoms with E-state index in [-0.39, 0.29) is 0 Å². The highest BCUT2D eigenvalue weighted by atomic mass is 32.2. The number of hydrogen-bond acceptors (Lipinski definition) is 4. The summed E-state index contributed by atoms with van der Waals surface area (Å²) in [5.41, 5.74) is 0. The van der Waals surface area contributed by atoms with E-state index in [1.807, 2.05) is 11.8 Å². The Morgan fingerprint density at radius 3 is 2.80 bits per heavy atom. The molecule has 0 aliphatic rings. The van der Waals surface area contributed by atoms with Crippen LogP contribution in [0.3, 0.4) is 0 Å². The van der Waals surface area contributed by atoms with Gasteiger partial charge in [-0.1, -0.05) is 0 Å². The van der Waals surface area contributed by atoms with Gasteiger partial charge in [-0.15, -0.1) is 0 Å².